The van der Waals surface area contributed by atoms with Crippen LogP contribution in [-0.2, 0) is 28.5 Å². The highest BCUT2D eigenvalue weighted by atomic mass is 16.7. The van der Waals surface area contributed by atoms with E-state index >= 15 is 0 Å². The molecule has 0 radical (unpaired) electrons. The first kappa shape index (κ1) is 26.3. The van der Waals surface area contributed by atoms with Gasteiger partial charge in [-0.1, -0.05) is 12.0 Å². The molecule has 36 heavy (non-hydrogen) atoms. The predicted molar refractivity (Wildman–Crippen MR) is 130 cm³/mol. The van der Waals surface area contributed by atoms with E-state index in [2.05, 4.69) is 11.8 Å². The van der Waals surface area contributed by atoms with Crippen molar-refractivity contribution in [1.82, 2.24) is 0 Å². The number of carbonyl (C=O) groups excluding carboxylic acids is 2. The molecule has 8 nitrogen and oxygen atoms in total. The van der Waals surface area contributed by atoms with Crippen LogP contribution in [0.4, 0.5) is 0 Å². The molecule has 1 saturated carbocycles. The van der Waals surface area contributed by atoms with Crippen molar-refractivity contribution in [3.05, 3.63) is 23.8 Å². The van der Waals surface area contributed by atoms with Crippen LogP contribution < -0.4 is 9.47 Å². The Bertz CT molecular complexity index is 959. The Kier molecular flexibility index (Phi) is 8.76. The number of rotatable bonds is 8. The third-order valence-corrected chi connectivity index (χ3v) is 6.60. The summed E-state index contributed by atoms with van der Waals surface area (Å²) in [4.78, 5) is 25.9. The molecule has 1 aliphatic carbocycles. The number of carbonyl (C=O) groups is 2. The lowest BCUT2D eigenvalue weighted by atomic mass is 9.85. The van der Waals surface area contributed by atoms with Crippen LogP contribution in [0.25, 0.3) is 0 Å². The molecular formula is C28H36O8. The fourth-order valence-corrected chi connectivity index (χ4v) is 4.79. The predicted octanol–water partition coefficient (Wildman–Crippen LogP) is 4.49. The summed E-state index contributed by atoms with van der Waals surface area (Å²) in [5.74, 6) is 2.77. The normalized spacial score (nSPS) is 23.2. The van der Waals surface area contributed by atoms with Crippen molar-refractivity contribution in [3.63, 3.8) is 0 Å². The molecule has 0 N–H and O–H groups in total. The monoisotopic (exact) mass is 500 g/mol. The van der Waals surface area contributed by atoms with Crippen molar-refractivity contribution >= 4 is 11.9 Å². The minimum atomic E-state index is -1.31. The number of cyclic esters (lactones) is 2. The van der Waals surface area contributed by atoms with E-state index in [9.17, 15) is 9.59 Å². The highest BCUT2D eigenvalue weighted by molar-refractivity contribution is 5.98. The molecule has 2 saturated heterocycles. The Morgan fingerprint density at radius 2 is 1.75 bits per heavy atom. The molecule has 196 valence electrons. The molecule has 0 aromatic heterocycles. The summed E-state index contributed by atoms with van der Waals surface area (Å²) in [7, 11) is 1.59. The number of hydrogen-bond donors (Lipinski definition) is 0. The van der Waals surface area contributed by atoms with Gasteiger partial charge in [-0.25, -0.2) is 0 Å². The number of hydrogen-bond acceptors (Lipinski definition) is 8. The first-order chi connectivity index (χ1) is 17.4. The first-order valence-electron chi connectivity index (χ1n) is 12.9. The first-order valence-corrected chi connectivity index (χ1v) is 12.9. The summed E-state index contributed by atoms with van der Waals surface area (Å²) < 4.78 is 33.9. The van der Waals surface area contributed by atoms with Crippen LogP contribution in [0.1, 0.15) is 76.7 Å². The molecule has 3 fully saturated rings. The maximum atomic E-state index is 12.9. The van der Waals surface area contributed by atoms with Crippen molar-refractivity contribution < 1.29 is 38.0 Å². The van der Waals surface area contributed by atoms with E-state index in [1.165, 1.54) is 13.8 Å². The summed E-state index contributed by atoms with van der Waals surface area (Å²) in [5.41, 5.74) is 0.659. The molecule has 0 bridgehead atoms. The van der Waals surface area contributed by atoms with Crippen LogP contribution in [-0.4, -0.2) is 50.4 Å². The van der Waals surface area contributed by atoms with Gasteiger partial charge in [-0.2, -0.15) is 0 Å². The second kappa shape index (κ2) is 12.0. The van der Waals surface area contributed by atoms with Crippen molar-refractivity contribution in [3.8, 4) is 23.3 Å². The molecule has 0 amide bonds. The fourth-order valence-electron chi connectivity index (χ4n) is 4.79. The number of methoxy groups -OCH3 is 1. The van der Waals surface area contributed by atoms with E-state index in [4.69, 9.17) is 28.4 Å². The molecule has 2 unspecified atom stereocenters. The van der Waals surface area contributed by atoms with Gasteiger partial charge in [-0.05, 0) is 62.6 Å². The third kappa shape index (κ3) is 6.71. The molecule has 1 aromatic carbocycles. The molecular weight excluding hydrogens is 464 g/mol. The van der Waals surface area contributed by atoms with Gasteiger partial charge in [0.05, 0.1) is 25.7 Å². The average molecular weight is 501 g/mol. The molecule has 2 heterocycles. The van der Waals surface area contributed by atoms with Gasteiger partial charge in [-0.3, -0.25) is 9.59 Å². The lowest BCUT2D eigenvalue weighted by Crippen LogP contribution is -2.48. The summed E-state index contributed by atoms with van der Waals surface area (Å²) in [6, 6.07) is 5.39. The topological polar surface area (TPSA) is 89.5 Å². The van der Waals surface area contributed by atoms with Crippen molar-refractivity contribution in [2.24, 2.45) is 5.92 Å². The minimum absolute atomic E-state index is 0.114. The van der Waals surface area contributed by atoms with Crippen LogP contribution in [0.5, 0.6) is 11.5 Å². The van der Waals surface area contributed by atoms with Gasteiger partial charge in [0.2, 0.25) is 0 Å². The standard InChI is InChI=1S/C28H36O8/c1-28(2)35-26(29)25(27(30)36-28)21(12-6-8-16-32-24-13-7-9-17-33-24)19-14-15-22(31-3)23(18-19)34-20-10-4-5-11-20/h14-15,18,20-21,24-25H,4-5,7-11,13,16-17H2,1-3H3. The van der Waals surface area contributed by atoms with Crippen LogP contribution in [0.15, 0.2) is 18.2 Å². The van der Waals surface area contributed by atoms with Crippen LogP contribution in [0.2, 0.25) is 0 Å². The summed E-state index contributed by atoms with van der Waals surface area (Å²) in [6.45, 7) is 4.18. The molecule has 2 atom stereocenters. The van der Waals surface area contributed by atoms with Crippen LogP contribution in [0.3, 0.4) is 0 Å². The molecule has 4 rings (SSSR count). The van der Waals surface area contributed by atoms with Gasteiger partial charge in [-0.15, -0.1) is 5.92 Å². The Morgan fingerprint density at radius 3 is 2.42 bits per heavy atom. The van der Waals surface area contributed by atoms with E-state index < -0.39 is 29.6 Å². The molecule has 3 aliphatic rings. The van der Waals surface area contributed by atoms with Gasteiger partial charge in [0.1, 0.15) is 0 Å². The zero-order valence-electron chi connectivity index (χ0n) is 21.4. The molecule has 2 aliphatic heterocycles. The summed E-state index contributed by atoms with van der Waals surface area (Å²) >= 11 is 0. The van der Waals surface area contributed by atoms with Crippen molar-refractivity contribution in [2.75, 3.05) is 20.3 Å². The molecule has 8 heteroatoms. The number of benzene rings is 1. The smallest absolute Gasteiger partial charge is 0.325 e. The van der Waals surface area contributed by atoms with Crippen LogP contribution in [0, 0.1) is 17.8 Å². The van der Waals surface area contributed by atoms with Gasteiger partial charge in [0.25, 0.3) is 5.79 Å². The second-order valence-corrected chi connectivity index (χ2v) is 9.87. The Labute approximate surface area is 212 Å². The highest BCUT2D eigenvalue weighted by Crippen LogP contribution is 2.38. The van der Waals surface area contributed by atoms with E-state index in [1.807, 2.05) is 6.07 Å². The van der Waals surface area contributed by atoms with Crippen molar-refractivity contribution in [2.45, 2.75) is 89.3 Å². The van der Waals surface area contributed by atoms with E-state index in [0.29, 0.717) is 36.7 Å². The number of esters is 2. The van der Waals surface area contributed by atoms with E-state index in [1.54, 1.807) is 19.2 Å². The largest absolute Gasteiger partial charge is 0.493 e. The molecule has 0 spiro atoms. The highest BCUT2D eigenvalue weighted by Gasteiger charge is 2.47. The SMILES string of the molecule is COc1ccc(C(C#CCCOC2CCCCO2)C2C(=O)OC(C)(C)OC2=O)cc1OC1CCCC1. The molecule has 1 aromatic rings. The van der Waals surface area contributed by atoms with Gasteiger partial charge in [0.15, 0.2) is 23.7 Å². The summed E-state index contributed by atoms with van der Waals surface area (Å²) in [6.07, 6.45) is 7.59. The van der Waals surface area contributed by atoms with E-state index in [-0.39, 0.29) is 12.4 Å². The van der Waals surface area contributed by atoms with Gasteiger partial charge in [0, 0.05) is 26.9 Å². The average Bonchev–Trinajstić information content (AvgIpc) is 3.35. The third-order valence-electron chi connectivity index (χ3n) is 6.60. The van der Waals surface area contributed by atoms with Crippen LogP contribution >= 0.6 is 0 Å². The maximum Gasteiger partial charge on any atom is 0.325 e. The minimum Gasteiger partial charge on any atom is -0.493 e. The Hall–Kier alpha value is -2.76. The maximum absolute atomic E-state index is 12.9. The second-order valence-electron chi connectivity index (χ2n) is 9.87. The lowest BCUT2D eigenvalue weighted by Gasteiger charge is -2.34. The van der Waals surface area contributed by atoms with Gasteiger partial charge < -0.3 is 28.4 Å². The Balaban J connectivity index is 1.56. The number of ether oxygens (including phenoxy) is 6. The van der Waals surface area contributed by atoms with Gasteiger partial charge >= 0.3 is 11.9 Å². The quantitative estimate of drug-likeness (QED) is 0.223. The van der Waals surface area contributed by atoms with Crippen molar-refractivity contribution in [1.29, 1.82) is 0 Å². The zero-order chi connectivity index (χ0) is 25.5. The summed E-state index contributed by atoms with van der Waals surface area (Å²) in [5, 5.41) is 0. The zero-order valence-corrected chi connectivity index (χ0v) is 21.4. The lowest BCUT2D eigenvalue weighted by molar-refractivity contribution is -0.240. The Morgan fingerprint density at radius 1 is 1.03 bits per heavy atom. The van der Waals surface area contributed by atoms with E-state index in [0.717, 1.165) is 44.9 Å². The fraction of sp³-hybridized carbons (Fsp3) is 0.643.